The lowest BCUT2D eigenvalue weighted by molar-refractivity contribution is -0.143. The molecule has 2 atom stereocenters. The van der Waals surface area contributed by atoms with Gasteiger partial charge in [-0.25, -0.2) is 0 Å². The van der Waals surface area contributed by atoms with Crippen molar-refractivity contribution >= 4 is 29.4 Å². The van der Waals surface area contributed by atoms with E-state index in [1.54, 1.807) is 24.6 Å². The van der Waals surface area contributed by atoms with E-state index in [2.05, 4.69) is 29.3 Å². The van der Waals surface area contributed by atoms with Gasteiger partial charge in [-0.2, -0.15) is 26.3 Å². The number of aliphatic hydroxyl groups excluding tert-OH is 1. The molecule has 4 aromatic rings. The van der Waals surface area contributed by atoms with Gasteiger partial charge in [0.05, 0.1) is 27.4 Å². The lowest BCUT2D eigenvalue weighted by atomic mass is 9.59. The number of halogens is 8. The topological polar surface area (TPSA) is 41.8 Å². The SMILES string of the molecule is C1=COCN=C1.OCCC1(c2ccc(Cl)c(Cl)c2)Cc2ccccc2-c2ccc3c(c21)CC(Cc1cc(C(F)(F)F)cc(C(F)(F)F)c1)CC3. The molecule has 0 saturated heterocycles. The van der Waals surface area contributed by atoms with Crippen molar-refractivity contribution in [2.75, 3.05) is 13.3 Å². The number of aliphatic hydroxyl groups is 1. The quantitative estimate of drug-likeness (QED) is 0.208. The van der Waals surface area contributed by atoms with Gasteiger partial charge in [0.15, 0.2) is 6.73 Å². The third-order valence-electron chi connectivity index (χ3n) is 9.70. The lowest BCUT2D eigenvalue weighted by Crippen LogP contribution is -2.37. The number of hydrogen-bond acceptors (Lipinski definition) is 3. The van der Waals surface area contributed by atoms with E-state index in [4.69, 9.17) is 27.9 Å². The number of ether oxygens (including phenoxy) is 1. The van der Waals surface area contributed by atoms with Crippen molar-refractivity contribution in [1.29, 1.82) is 0 Å². The Kier molecular flexibility index (Phi) is 10.4. The minimum Gasteiger partial charge on any atom is -0.479 e. The molecule has 4 aromatic carbocycles. The summed E-state index contributed by atoms with van der Waals surface area (Å²) in [7, 11) is 0. The minimum atomic E-state index is -4.90. The maximum absolute atomic E-state index is 13.6. The number of benzene rings is 4. The Morgan fingerprint density at radius 3 is 2.18 bits per heavy atom. The molecule has 0 amide bonds. The highest BCUT2D eigenvalue weighted by molar-refractivity contribution is 6.42. The Bertz CT molecular complexity index is 1890. The average molecular weight is 733 g/mol. The van der Waals surface area contributed by atoms with Crippen molar-refractivity contribution in [3.8, 4) is 11.1 Å². The Morgan fingerprint density at radius 1 is 0.840 bits per heavy atom. The van der Waals surface area contributed by atoms with Gasteiger partial charge >= 0.3 is 12.4 Å². The number of hydrogen-bond donors (Lipinski definition) is 1. The summed E-state index contributed by atoms with van der Waals surface area (Å²) in [6, 6.07) is 19.6. The van der Waals surface area contributed by atoms with E-state index in [1.165, 1.54) is 0 Å². The molecule has 0 saturated carbocycles. The number of aliphatic imine (C=N–C) groups is 1. The molecule has 0 bridgehead atoms. The molecule has 3 aliphatic rings. The number of rotatable bonds is 5. The van der Waals surface area contributed by atoms with Crippen LogP contribution in [0.3, 0.4) is 0 Å². The highest BCUT2D eigenvalue weighted by Crippen LogP contribution is 2.53. The number of alkyl halides is 6. The van der Waals surface area contributed by atoms with E-state index in [1.807, 2.05) is 24.3 Å². The second-order valence-electron chi connectivity index (χ2n) is 12.8. The summed E-state index contributed by atoms with van der Waals surface area (Å²) in [5.41, 5.74) is 3.97. The molecule has 0 spiro atoms. The zero-order chi connectivity index (χ0) is 35.7. The van der Waals surface area contributed by atoms with Crippen molar-refractivity contribution in [3.63, 3.8) is 0 Å². The van der Waals surface area contributed by atoms with Crippen molar-refractivity contribution in [2.24, 2.45) is 10.9 Å². The van der Waals surface area contributed by atoms with Gasteiger partial charge in [0, 0.05) is 18.2 Å². The molecule has 2 aliphatic carbocycles. The summed E-state index contributed by atoms with van der Waals surface area (Å²) in [6.45, 7) is 0.371. The predicted molar refractivity (Wildman–Crippen MR) is 184 cm³/mol. The van der Waals surface area contributed by atoms with E-state index in [0.717, 1.165) is 51.1 Å². The van der Waals surface area contributed by atoms with Gasteiger partial charge in [-0.05, 0) is 125 Å². The number of allylic oxidation sites excluding steroid dienone is 1. The van der Waals surface area contributed by atoms with Crippen LogP contribution in [-0.2, 0) is 48.2 Å². The molecule has 1 heterocycles. The zero-order valence-electron chi connectivity index (χ0n) is 26.7. The van der Waals surface area contributed by atoms with Crippen molar-refractivity contribution < 1.29 is 36.2 Å². The summed E-state index contributed by atoms with van der Waals surface area (Å²) in [6.07, 6.45) is -1.93. The molecule has 0 radical (unpaired) electrons. The third kappa shape index (κ3) is 7.46. The maximum Gasteiger partial charge on any atom is 0.416 e. The minimum absolute atomic E-state index is 0.0156. The first-order valence-corrected chi connectivity index (χ1v) is 16.9. The summed E-state index contributed by atoms with van der Waals surface area (Å²) in [5.74, 6) is -0.184. The van der Waals surface area contributed by atoms with Gasteiger partial charge in [-0.3, -0.25) is 4.99 Å². The fourth-order valence-electron chi connectivity index (χ4n) is 7.54. The largest absolute Gasteiger partial charge is 0.479 e. The summed E-state index contributed by atoms with van der Waals surface area (Å²) in [4.78, 5) is 3.74. The maximum atomic E-state index is 13.6. The van der Waals surface area contributed by atoms with Crippen LogP contribution in [0, 0.1) is 5.92 Å². The highest BCUT2D eigenvalue weighted by atomic mass is 35.5. The Labute approximate surface area is 296 Å². The molecule has 1 aliphatic heterocycles. The fourth-order valence-corrected chi connectivity index (χ4v) is 7.84. The normalized spacial score (nSPS) is 19.4. The van der Waals surface area contributed by atoms with Crippen LogP contribution in [0.5, 0.6) is 0 Å². The van der Waals surface area contributed by atoms with Gasteiger partial charge in [-0.15, -0.1) is 0 Å². The first kappa shape index (κ1) is 36.0. The van der Waals surface area contributed by atoms with Crippen LogP contribution in [0.4, 0.5) is 26.3 Å². The molecule has 3 nitrogen and oxygen atoms in total. The molecule has 1 N–H and O–H groups in total. The van der Waals surface area contributed by atoms with Crippen LogP contribution in [0.1, 0.15) is 57.3 Å². The number of fused-ring (bicyclic) bond motifs is 5. The molecule has 7 rings (SSSR count). The molecule has 11 heteroatoms. The van der Waals surface area contributed by atoms with E-state index in [-0.39, 0.29) is 30.6 Å². The van der Waals surface area contributed by atoms with Crippen LogP contribution in [0.25, 0.3) is 11.1 Å². The fraction of sp³-hybridized carbons (Fsp3) is 0.308. The van der Waals surface area contributed by atoms with Gasteiger partial charge < -0.3 is 9.84 Å². The van der Waals surface area contributed by atoms with Crippen LogP contribution < -0.4 is 0 Å². The second kappa shape index (κ2) is 14.4. The van der Waals surface area contributed by atoms with Gasteiger partial charge in [0.25, 0.3) is 0 Å². The van der Waals surface area contributed by atoms with Crippen LogP contribution in [0.2, 0.25) is 10.0 Å². The summed E-state index contributed by atoms with van der Waals surface area (Å²) in [5, 5.41) is 11.2. The second-order valence-corrected chi connectivity index (χ2v) is 13.6. The van der Waals surface area contributed by atoms with Crippen LogP contribution in [-0.4, -0.2) is 24.7 Å². The summed E-state index contributed by atoms with van der Waals surface area (Å²) < 4.78 is 86.2. The third-order valence-corrected chi connectivity index (χ3v) is 10.4. The first-order chi connectivity index (χ1) is 23.8. The van der Waals surface area contributed by atoms with Crippen LogP contribution >= 0.6 is 23.2 Å². The number of aryl methyl sites for hydroxylation is 1. The van der Waals surface area contributed by atoms with Crippen molar-refractivity contribution in [3.05, 3.63) is 140 Å². The highest BCUT2D eigenvalue weighted by Gasteiger charge is 2.43. The van der Waals surface area contributed by atoms with E-state index in [0.29, 0.717) is 48.9 Å². The first-order valence-electron chi connectivity index (χ1n) is 16.1. The predicted octanol–water partition coefficient (Wildman–Crippen LogP) is 10.8. The van der Waals surface area contributed by atoms with Gasteiger partial charge in [0.1, 0.15) is 0 Å². The van der Waals surface area contributed by atoms with Gasteiger partial charge in [0.2, 0.25) is 0 Å². The molecule has 0 aromatic heterocycles. The van der Waals surface area contributed by atoms with Crippen molar-refractivity contribution in [2.45, 2.75) is 56.3 Å². The molecule has 0 fully saturated rings. The average Bonchev–Trinajstić information content (AvgIpc) is 3.09. The van der Waals surface area contributed by atoms with E-state index in [9.17, 15) is 31.4 Å². The summed E-state index contributed by atoms with van der Waals surface area (Å²) >= 11 is 12.8. The Hall–Kier alpha value is -3.79. The lowest BCUT2D eigenvalue weighted by Gasteiger charge is -2.44. The molecular formula is C39H33Cl2F6NO2. The zero-order valence-corrected chi connectivity index (χ0v) is 28.2. The van der Waals surface area contributed by atoms with Crippen molar-refractivity contribution in [1.82, 2.24) is 0 Å². The smallest absolute Gasteiger partial charge is 0.416 e. The van der Waals surface area contributed by atoms with E-state index >= 15 is 0 Å². The van der Waals surface area contributed by atoms with Gasteiger partial charge in [-0.1, -0.05) is 65.7 Å². The monoisotopic (exact) mass is 731 g/mol. The standard InChI is InChI=1S/C35H28Cl2F6O.C4H5NO/c36-30-10-8-24(18-31(30)37)33(11-12-44)19-23-3-1-2-4-27(23)28-9-7-22-6-5-20(16-29(22)32(28)33)13-21-14-25(34(38,39)40)17-26(15-21)35(41,42)43;1-2-5-4-6-3-1/h1-4,7-10,14-15,17-18,20,44H,5-6,11-13,16,19H2;1-3H,4H2. The molecule has 50 heavy (non-hydrogen) atoms. The Morgan fingerprint density at radius 2 is 1.58 bits per heavy atom. The molecular weight excluding hydrogens is 699 g/mol. The Balaban J connectivity index is 0.000000652. The van der Waals surface area contributed by atoms with E-state index < -0.39 is 28.9 Å². The van der Waals surface area contributed by atoms with Crippen LogP contribution in [0.15, 0.2) is 90.1 Å². The molecule has 262 valence electrons. The number of nitrogens with zero attached hydrogens (tertiary/aromatic N) is 1. The molecule has 2 unspecified atom stereocenters.